The highest BCUT2D eigenvalue weighted by molar-refractivity contribution is 6.09. The first-order valence-electron chi connectivity index (χ1n) is 19.7. The lowest BCUT2D eigenvalue weighted by atomic mass is 9.95. The number of nitrogens with zero attached hydrogens (tertiary/aromatic N) is 2. The van der Waals surface area contributed by atoms with Crippen LogP contribution >= 0.6 is 0 Å². The number of fused-ring (bicyclic) bond motifs is 6. The smallest absolute Gasteiger partial charge is 0.0541 e. The van der Waals surface area contributed by atoms with E-state index in [1.165, 1.54) is 77.4 Å². The van der Waals surface area contributed by atoms with Crippen molar-refractivity contribution in [3.63, 3.8) is 0 Å². The lowest BCUT2D eigenvalue weighted by Crippen LogP contribution is -2.10. The van der Waals surface area contributed by atoms with Gasteiger partial charge in [0.05, 0.1) is 11.0 Å². The lowest BCUT2D eigenvalue weighted by Gasteiger charge is -2.26. The molecule has 2 nitrogen and oxygen atoms in total. The fourth-order valence-electron chi connectivity index (χ4n) is 8.91. The first-order chi connectivity index (χ1) is 28.3. The number of rotatable bonds is 7. The van der Waals surface area contributed by atoms with Gasteiger partial charge in [-0.1, -0.05) is 158 Å². The van der Waals surface area contributed by atoms with E-state index in [2.05, 4.69) is 228 Å². The van der Waals surface area contributed by atoms with Crippen molar-refractivity contribution in [3.8, 4) is 50.2 Å². The minimum atomic E-state index is 0.967. The average molecular weight is 727 g/mol. The summed E-state index contributed by atoms with van der Waals surface area (Å²) in [6.45, 7) is 0. The molecule has 11 rings (SSSR count). The van der Waals surface area contributed by atoms with Crippen LogP contribution in [0.25, 0.3) is 72.0 Å². The van der Waals surface area contributed by atoms with Crippen LogP contribution in [-0.4, -0.2) is 4.57 Å². The summed E-state index contributed by atoms with van der Waals surface area (Å²) in [6, 6.07) is 79.5. The largest absolute Gasteiger partial charge is 0.311 e. The van der Waals surface area contributed by atoms with Crippen molar-refractivity contribution in [2.24, 2.45) is 0 Å². The Kier molecular flexibility index (Phi) is 7.93. The average Bonchev–Trinajstić information content (AvgIpc) is 3.84. The molecule has 0 atom stereocenters. The number of anilines is 3. The standard InChI is InChI=1S/C55H38N2/c1-2-11-38(12-3-1)39-21-23-40(24-22-39)41-25-29-44(30-26-41)56(45-31-27-42(28-32-45)48-17-10-18-50-49-14-5-4-13-43(49)37-53(48)50)46-33-35-47(36-34-46)57-54-19-8-6-15-51(54)52-16-7-9-20-55(52)57/h1-36H,37H2. The molecule has 0 radical (unpaired) electrons. The van der Waals surface area contributed by atoms with Crippen LogP contribution < -0.4 is 4.90 Å². The molecule has 0 spiro atoms. The van der Waals surface area contributed by atoms with Gasteiger partial charge in [-0.15, -0.1) is 0 Å². The van der Waals surface area contributed by atoms with Gasteiger partial charge in [0.2, 0.25) is 0 Å². The summed E-state index contributed by atoms with van der Waals surface area (Å²) in [5, 5.41) is 2.53. The zero-order valence-corrected chi connectivity index (χ0v) is 31.4. The van der Waals surface area contributed by atoms with Gasteiger partial charge in [0.25, 0.3) is 0 Å². The van der Waals surface area contributed by atoms with E-state index >= 15 is 0 Å². The zero-order chi connectivity index (χ0) is 37.7. The molecule has 0 aliphatic heterocycles. The molecule has 0 bridgehead atoms. The third-order valence-corrected chi connectivity index (χ3v) is 11.7. The van der Waals surface area contributed by atoms with Crippen molar-refractivity contribution in [2.45, 2.75) is 6.42 Å². The highest BCUT2D eigenvalue weighted by Gasteiger charge is 2.22. The van der Waals surface area contributed by atoms with E-state index in [-0.39, 0.29) is 0 Å². The summed E-state index contributed by atoms with van der Waals surface area (Å²) in [7, 11) is 0. The zero-order valence-electron chi connectivity index (χ0n) is 31.4. The Morgan fingerprint density at radius 2 is 0.754 bits per heavy atom. The van der Waals surface area contributed by atoms with Crippen molar-refractivity contribution in [3.05, 3.63) is 230 Å². The summed E-state index contributed by atoms with van der Waals surface area (Å²) in [5.74, 6) is 0. The van der Waals surface area contributed by atoms with Gasteiger partial charge in [-0.3, -0.25) is 0 Å². The lowest BCUT2D eigenvalue weighted by molar-refractivity contribution is 1.17. The van der Waals surface area contributed by atoms with E-state index in [4.69, 9.17) is 0 Å². The number of aromatic nitrogens is 1. The Bertz CT molecular complexity index is 2990. The van der Waals surface area contributed by atoms with Gasteiger partial charge in [0, 0.05) is 33.5 Å². The van der Waals surface area contributed by atoms with Crippen LogP contribution in [0.5, 0.6) is 0 Å². The molecule has 2 heteroatoms. The molecular formula is C55H38N2. The van der Waals surface area contributed by atoms with Crippen LogP contribution in [0.1, 0.15) is 11.1 Å². The monoisotopic (exact) mass is 726 g/mol. The highest BCUT2D eigenvalue weighted by Crippen LogP contribution is 2.43. The van der Waals surface area contributed by atoms with Crippen molar-refractivity contribution in [1.29, 1.82) is 0 Å². The molecule has 57 heavy (non-hydrogen) atoms. The molecule has 1 aliphatic carbocycles. The molecule has 0 saturated carbocycles. The topological polar surface area (TPSA) is 8.17 Å². The van der Waals surface area contributed by atoms with Crippen molar-refractivity contribution >= 4 is 38.9 Å². The Hall–Kier alpha value is -7.42. The molecule has 1 aliphatic rings. The Balaban J connectivity index is 0.972. The van der Waals surface area contributed by atoms with Gasteiger partial charge in [0.1, 0.15) is 0 Å². The van der Waals surface area contributed by atoms with E-state index in [1.54, 1.807) is 0 Å². The van der Waals surface area contributed by atoms with Crippen molar-refractivity contribution in [1.82, 2.24) is 4.57 Å². The summed E-state index contributed by atoms with van der Waals surface area (Å²) in [5.41, 5.74) is 19.8. The number of benzene rings is 9. The molecule has 1 heterocycles. The normalized spacial score (nSPS) is 11.8. The molecule has 0 N–H and O–H groups in total. The van der Waals surface area contributed by atoms with Crippen LogP contribution in [0, 0.1) is 0 Å². The van der Waals surface area contributed by atoms with E-state index in [0.29, 0.717) is 0 Å². The predicted molar refractivity (Wildman–Crippen MR) is 240 cm³/mol. The second-order valence-corrected chi connectivity index (χ2v) is 14.9. The van der Waals surface area contributed by atoms with Gasteiger partial charge >= 0.3 is 0 Å². The molecule has 0 unspecified atom stereocenters. The summed E-state index contributed by atoms with van der Waals surface area (Å²) in [6.07, 6.45) is 0.967. The predicted octanol–water partition coefficient (Wildman–Crippen LogP) is 14.8. The molecule has 0 amide bonds. The summed E-state index contributed by atoms with van der Waals surface area (Å²) in [4.78, 5) is 2.37. The van der Waals surface area contributed by atoms with E-state index in [0.717, 1.165) is 29.2 Å². The SMILES string of the molecule is c1ccc(-c2ccc(-c3ccc(N(c4ccc(-c5cccc6c5Cc5ccccc5-6)cc4)c4ccc(-n5c6ccccc6c6ccccc65)cc4)cc3)cc2)cc1. The minimum absolute atomic E-state index is 0.967. The molecule has 9 aromatic carbocycles. The number of hydrogen-bond donors (Lipinski definition) is 0. The van der Waals surface area contributed by atoms with E-state index in [1.807, 2.05) is 0 Å². The Morgan fingerprint density at radius 3 is 1.37 bits per heavy atom. The third-order valence-electron chi connectivity index (χ3n) is 11.7. The second-order valence-electron chi connectivity index (χ2n) is 14.9. The highest BCUT2D eigenvalue weighted by atomic mass is 15.1. The van der Waals surface area contributed by atoms with Crippen LogP contribution in [0.3, 0.4) is 0 Å². The Morgan fingerprint density at radius 1 is 0.316 bits per heavy atom. The van der Waals surface area contributed by atoms with Gasteiger partial charge in [-0.05, 0) is 123 Å². The van der Waals surface area contributed by atoms with Gasteiger partial charge < -0.3 is 9.47 Å². The quantitative estimate of drug-likeness (QED) is 0.159. The van der Waals surface area contributed by atoms with Crippen LogP contribution in [0.2, 0.25) is 0 Å². The summed E-state index contributed by atoms with van der Waals surface area (Å²) < 4.78 is 2.38. The maximum Gasteiger partial charge on any atom is 0.0541 e. The van der Waals surface area contributed by atoms with Crippen molar-refractivity contribution < 1.29 is 0 Å². The molecule has 1 aromatic heterocycles. The maximum atomic E-state index is 2.38. The van der Waals surface area contributed by atoms with E-state index < -0.39 is 0 Å². The molecular weight excluding hydrogens is 689 g/mol. The molecule has 10 aromatic rings. The first-order valence-corrected chi connectivity index (χ1v) is 19.7. The minimum Gasteiger partial charge on any atom is -0.311 e. The Labute approximate surface area is 333 Å². The van der Waals surface area contributed by atoms with Gasteiger partial charge in [-0.2, -0.15) is 0 Å². The van der Waals surface area contributed by atoms with E-state index in [9.17, 15) is 0 Å². The van der Waals surface area contributed by atoms with Gasteiger partial charge in [-0.25, -0.2) is 0 Å². The van der Waals surface area contributed by atoms with Crippen LogP contribution in [-0.2, 0) is 6.42 Å². The third kappa shape index (κ3) is 5.73. The number of para-hydroxylation sites is 2. The first kappa shape index (κ1) is 33.0. The summed E-state index contributed by atoms with van der Waals surface area (Å²) >= 11 is 0. The van der Waals surface area contributed by atoms with Crippen LogP contribution in [0.15, 0.2) is 218 Å². The maximum absolute atomic E-state index is 2.38. The second kappa shape index (κ2) is 13.7. The van der Waals surface area contributed by atoms with Crippen LogP contribution in [0.4, 0.5) is 17.1 Å². The van der Waals surface area contributed by atoms with Gasteiger partial charge in [0.15, 0.2) is 0 Å². The number of hydrogen-bond acceptors (Lipinski definition) is 1. The molecule has 0 fully saturated rings. The fraction of sp³-hybridized carbons (Fsp3) is 0.0182. The van der Waals surface area contributed by atoms with Crippen molar-refractivity contribution in [2.75, 3.05) is 4.90 Å². The fourth-order valence-corrected chi connectivity index (χ4v) is 8.91. The molecule has 0 saturated heterocycles. The molecule has 268 valence electrons.